The van der Waals surface area contributed by atoms with E-state index in [9.17, 15) is 0 Å². The zero-order chi connectivity index (χ0) is 6.55. The van der Waals surface area contributed by atoms with Crippen molar-refractivity contribution in [3.8, 4) is 0 Å². The summed E-state index contributed by atoms with van der Waals surface area (Å²) in [4.78, 5) is 0. The van der Waals surface area contributed by atoms with E-state index in [4.69, 9.17) is 4.74 Å². The second kappa shape index (κ2) is 1.76. The third-order valence-electron chi connectivity index (χ3n) is 3.77. The highest BCUT2D eigenvalue weighted by atomic mass is 16.5. The maximum atomic E-state index is 5.71. The minimum Gasteiger partial charge on any atom is -0.378 e. The Morgan fingerprint density at radius 3 is 2.80 bits per heavy atom. The first-order valence-corrected chi connectivity index (χ1v) is 4.57. The lowest BCUT2D eigenvalue weighted by Crippen LogP contribution is -2.23. The Bertz CT molecular complexity index is 139. The maximum Gasteiger partial charge on any atom is 0.0634 e. The van der Waals surface area contributed by atoms with Gasteiger partial charge in [-0.3, -0.25) is 0 Å². The average molecular weight is 138 g/mol. The van der Waals surface area contributed by atoms with Crippen LogP contribution >= 0.6 is 0 Å². The fraction of sp³-hybridized carbons (Fsp3) is 1.00. The highest BCUT2D eigenvalue weighted by Gasteiger charge is 2.50. The maximum absolute atomic E-state index is 5.71. The molecule has 3 fully saturated rings. The summed E-state index contributed by atoms with van der Waals surface area (Å²) in [6.45, 7) is 1.06. The van der Waals surface area contributed by atoms with E-state index >= 15 is 0 Å². The van der Waals surface area contributed by atoms with E-state index in [1.807, 2.05) is 0 Å². The summed E-state index contributed by atoms with van der Waals surface area (Å²) >= 11 is 0. The predicted octanol–water partition coefficient (Wildman–Crippen LogP) is 1.82. The van der Waals surface area contributed by atoms with Crippen molar-refractivity contribution >= 4 is 0 Å². The lowest BCUT2D eigenvalue weighted by atomic mass is 9.86. The summed E-state index contributed by atoms with van der Waals surface area (Å²) < 4.78 is 5.71. The van der Waals surface area contributed by atoms with Crippen molar-refractivity contribution in [1.82, 2.24) is 0 Å². The van der Waals surface area contributed by atoms with Gasteiger partial charge >= 0.3 is 0 Å². The standard InChI is InChI=1S/C9H14O/c1-2-7-5-6(1)8-3-4-10-9(7)8/h6-9H,1-5H2. The first-order valence-electron chi connectivity index (χ1n) is 4.57. The molecule has 0 aromatic heterocycles. The summed E-state index contributed by atoms with van der Waals surface area (Å²) in [6, 6.07) is 0. The number of ether oxygens (including phenoxy) is 1. The van der Waals surface area contributed by atoms with Crippen LogP contribution in [0.1, 0.15) is 25.7 Å². The summed E-state index contributed by atoms with van der Waals surface area (Å²) in [5.41, 5.74) is 0. The molecule has 0 aromatic rings. The van der Waals surface area contributed by atoms with Crippen molar-refractivity contribution in [3.63, 3.8) is 0 Å². The molecule has 0 aromatic carbocycles. The normalized spacial score (nSPS) is 57.6. The summed E-state index contributed by atoms with van der Waals surface area (Å²) in [6.07, 6.45) is 6.54. The number of hydrogen-bond acceptors (Lipinski definition) is 1. The van der Waals surface area contributed by atoms with Crippen LogP contribution in [-0.2, 0) is 4.74 Å². The molecule has 3 rings (SSSR count). The molecular weight excluding hydrogens is 124 g/mol. The van der Waals surface area contributed by atoms with Crippen molar-refractivity contribution in [2.75, 3.05) is 6.61 Å². The summed E-state index contributed by atoms with van der Waals surface area (Å²) in [5, 5.41) is 0. The van der Waals surface area contributed by atoms with Gasteiger partial charge in [0.1, 0.15) is 0 Å². The van der Waals surface area contributed by atoms with Gasteiger partial charge < -0.3 is 4.74 Å². The quantitative estimate of drug-likeness (QED) is 0.496. The van der Waals surface area contributed by atoms with Crippen LogP contribution in [0.25, 0.3) is 0 Å². The van der Waals surface area contributed by atoms with E-state index in [1.165, 1.54) is 25.7 Å². The molecule has 1 nitrogen and oxygen atoms in total. The Labute approximate surface area is 61.8 Å². The van der Waals surface area contributed by atoms with Gasteiger partial charge in [0.05, 0.1) is 6.10 Å². The van der Waals surface area contributed by atoms with Crippen LogP contribution in [0.3, 0.4) is 0 Å². The summed E-state index contributed by atoms with van der Waals surface area (Å²) in [7, 11) is 0. The van der Waals surface area contributed by atoms with Crippen LogP contribution in [0.5, 0.6) is 0 Å². The largest absolute Gasteiger partial charge is 0.378 e. The van der Waals surface area contributed by atoms with Crippen LogP contribution in [0.15, 0.2) is 0 Å². The van der Waals surface area contributed by atoms with Gasteiger partial charge in [-0.05, 0) is 43.4 Å². The van der Waals surface area contributed by atoms with Gasteiger partial charge in [0.15, 0.2) is 0 Å². The monoisotopic (exact) mass is 138 g/mol. The molecule has 3 aliphatic rings. The Morgan fingerprint density at radius 1 is 1.00 bits per heavy atom. The fourth-order valence-electron chi connectivity index (χ4n) is 3.36. The molecule has 1 heteroatoms. The van der Waals surface area contributed by atoms with Crippen LogP contribution < -0.4 is 0 Å². The fourth-order valence-corrected chi connectivity index (χ4v) is 3.36. The highest BCUT2D eigenvalue weighted by Crippen LogP contribution is 2.53. The van der Waals surface area contributed by atoms with Crippen molar-refractivity contribution in [1.29, 1.82) is 0 Å². The third kappa shape index (κ3) is 0.531. The lowest BCUT2D eigenvalue weighted by Gasteiger charge is -2.22. The van der Waals surface area contributed by atoms with Gasteiger partial charge in [-0.15, -0.1) is 0 Å². The molecule has 4 unspecified atom stereocenters. The van der Waals surface area contributed by atoms with Crippen LogP contribution in [0.4, 0.5) is 0 Å². The minimum absolute atomic E-state index is 0.707. The van der Waals surface area contributed by atoms with E-state index < -0.39 is 0 Å². The molecule has 0 radical (unpaired) electrons. The first kappa shape index (κ1) is 5.59. The molecule has 1 saturated heterocycles. The molecule has 1 aliphatic heterocycles. The molecule has 4 atom stereocenters. The first-order chi connectivity index (χ1) is 4.95. The van der Waals surface area contributed by atoms with E-state index in [0.29, 0.717) is 6.10 Å². The predicted molar refractivity (Wildman–Crippen MR) is 38.7 cm³/mol. The van der Waals surface area contributed by atoms with Gasteiger partial charge in [0.2, 0.25) is 0 Å². The van der Waals surface area contributed by atoms with E-state index in [-0.39, 0.29) is 0 Å². The Morgan fingerprint density at radius 2 is 1.90 bits per heavy atom. The molecule has 1 heterocycles. The van der Waals surface area contributed by atoms with Crippen LogP contribution in [-0.4, -0.2) is 12.7 Å². The highest BCUT2D eigenvalue weighted by molar-refractivity contribution is 4.99. The molecular formula is C9H14O. The molecule has 10 heavy (non-hydrogen) atoms. The van der Waals surface area contributed by atoms with E-state index in [2.05, 4.69) is 0 Å². The van der Waals surface area contributed by atoms with Gasteiger partial charge in [0.25, 0.3) is 0 Å². The lowest BCUT2D eigenvalue weighted by molar-refractivity contribution is 0.0529. The van der Waals surface area contributed by atoms with E-state index in [0.717, 1.165) is 24.4 Å². The second-order valence-electron chi connectivity index (χ2n) is 4.12. The molecule has 0 N–H and O–H groups in total. The minimum atomic E-state index is 0.707. The van der Waals surface area contributed by atoms with Gasteiger partial charge in [-0.1, -0.05) is 0 Å². The number of rotatable bonds is 0. The zero-order valence-corrected chi connectivity index (χ0v) is 6.25. The van der Waals surface area contributed by atoms with Gasteiger partial charge in [0, 0.05) is 6.61 Å². The van der Waals surface area contributed by atoms with Crippen molar-refractivity contribution in [2.45, 2.75) is 31.8 Å². The molecule has 2 saturated carbocycles. The number of hydrogen-bond donors (Lipinski definition) is 0. The van der Waals surface area contributed by atoms with Crippen molar-refractivity contribution in [3.05, 3.63) is 0 Å². The summed E-state index contributed by atoms with van der Waals surface area (Å²) in [5.74, 6) is 3.02. The SMILES string of the molecule is C1CC2C3CCC(C3)C2O1. The van der Waals surface area contributed by atoms with Crippen LogP contribution in [0.2, 0.25) is 0 Å². The van der Waals surface area contributed by atoms with Gasteiger partial charge in [-0.25, -0.2) is 0 Å². The van der Waals surface area contributed by atoms with Gasteiger partial charge in [-0.2, -0.15) is 0 Å². The average Bonchev–Trinajstić information content (AvgIpc) is 2.60. The van der Waals surface area contributed by atoms with E-state index in [1.54, 1.807) is 0 Å². The van der Waals surface area contributed by atoms with Crippen molar-refractivity contribution in [2.24, 2.45) is 17.8 Å². The molecule has 2 bridgehead atoms. The molecule has 56 valence electrons. The zero-order valence-electron chi connectivity index (χ0n) is 6.25. The molecule has 0 spiro atoms. The molecule has 0 amide bonds. The molecule has 2 aliphatic carbocycles. The second-order valence-corrected chi connectivity index (χ2v) is 4.12. The topological polar surface area (TPSA) is 9.23 Å². The smallest absolute Gasteiger partial charge is 0.0634 e. The Balaban J connectivity index is 1.92. The van der Waals surface area contributed by atoms with Crippen molar-refractivity contribution < 1.29 is 4.74 Å². The number of fused-ring (bicyclic) bond motifs is 5. The Kier molecular flexibility index (Phi) is 0.984. The van der Waals surface area contributed by atoms with Crippen LogP contribution in [0, 0.1) is 17.8 Å². The Hall–Kier alpha value is -0.0400. The third-order valence-corrected chi connectivity index (χ3v) is 3.77.